The molecule has 2 aromatic rings. The zero-order chi connectivity index (χ0) is 18.8. The Balaban J connectivity index is 1.29. The first-order valence-corrected chi connectivity index (χ1v) is 11.4. The lowest BCUT2D eigenvalue weighted by atomic mass is 9.82. The molecule has 1 atom stereocenters. The number of aromatic nitrogens is 1. The van der Waals surface area contributed by atoms with Gasteiger partial charge in [-0.2, -0.15) is 0 Å². The van der Waals surface area contributed by atoms with Crippen molar-refractivity contribution in [3.63, 3.8) is 0 Å². The van der Waals surface area contributed by atoms with Crippen LogP contribution in [0.1, 0.15) is 55.2 Å². The number of nitrogens with zero attached hydrogens (tertiary/aromatic N) is 3. The molecule has 1 saturated carbocycles. The van der Waals surface area contributed by atoms with Gasteiger partial charge in [-0.15, -0.1) is 0 Å². The Morgan fingerprint density at radius 2 is 1.79 bits per heavy atom. The number of hydrogen-bond acceptors (Lipinski definition) is 3. The Morgan fingerprint density at radius 1 is 0.929 bits per heavy atom. The highest BCUT2D eigenvalue weighted by molar-refractivity contribution is 5.58. The summed E-state index contributed by atoms with van der Waals surface area (Å²) in [7, 11) is 0. The quantitative estimate of drug-likeness (QED) is 0.762. The van der Waals surface area contributed by atoms with Gasteiger partial charge in [0.1, 0.15) is 0 Å². The highest BCUT2D eigenvalue weighted by Gasteiger charge is 2.33. The summed E-state index contributed by atoms with van der Waals surface area (Å²) in [5, 5.41) is 0. The fourth-order valence-corrected chi connectivity index (χ4v) is 5.71. The van der Waals surface area contributed by atoms with E-state index in [4.69, 9.17) is 0 Å². The van der Waals surface area contributed by atoms with Crippen molar-refractivity contribution in [2.75, 3.05) is 24.5 Å². The minimum atomic E-state index is 0.650. The monoisotopic (exact) mass is 375 g/mol. The average molecular weight is 376 g/mol. The van der Waals surface area contributed by atoms with Crippen molar-refractivity contribution >= 4 is 5.69 Å². The maximum Gasteiger partial charge on any atom is 0.0591 e. The standard InChI is InChI=1S/C25H33N3/c1-3-7-20(8-4-1)15-22-16-26-17-25-24(22)12-11-23-19-27(13-14-28(23)25)18-21-9-5-2-6-10-21/h2,5-6,9-10,16-17,20,23H,1,3-4,7-8,11-15,18-19H2/t23-/m1/s1. The Bertz CT molecular complexity index is 782. The smallest absolute Gasteiger partial charge is 0.0591 e. The van der Waals surface area contributed by atoms with Crippen molar-refractivity contribution in [2.45, 2.75) is 64.0 Å². The number of hydrogen-bond donors (Lipinski definition) is 0. The van der Waals surface area contributed by atoms with Crippen LogP contribution in [0, 0.1) is 5.92 Å². The predicted octanol–water partition coefficient (Wildman–Crippen LogP) is 4.84. The third-order valence-corrected chi connectivity index (χ3v) is 7.21. The summed E-state index contributed by atoms with van der Waals surface area (Å²) in [4.78, 5) is 10.0. The van der Waals surface area contributed by atoms with Crippen LogP contribution in [0.4, 0.5) is 5.69 Å². The van der Waals surface area contributed by atoms with Gasteiger partial charge >= 0.3 is 0 Å². The molecular weight excluding hydrogens is 342 g/mol. The Hall–Kier alpha value is -1.87. The molecular formula is C25H33N3. The van der Waals surface area contributed by atoms with Crippen LogP contribution in [-0.4, -0.2) is 35.6 Å². The van der Waals surface area contributed by atoms with Crippen molar-refractivity contribution in [2.24, 2.45) is 5.92 Å². The van der Waals surface area contributed by atoms with E-state index in [0.29, 0.717) is 6.04 Å². The van der Waals surface area contributed by atoms with Crippen molar-refractivity contribution in [1.29, 1.82) is 0 Å². The third-order valence-electron chi connectivity index (χ3n) is 7.21. The van der Waals surface area contributed by atoms with Crippen LogP contribution >= 0.6 is 0 Å². The molecule has 1 aliphatic carbocycles. The molecule has 148 valence electrons. The van der Waals surface area contributed by atoms with E-state index in [1.807, 2.05) is 0 Å². The molecule has 3 heteroatoms. The van der Waals surface area contributed by atoms with Crippen molar-refractivity contribution in [1.82, 2.24) is 9.88 Å². The molecule has 3 heterocycles. The molecule has 0 bridgehead atoms. The number of benzene rings is 1. The van der Waals surface area contributed by atoms with E-state index in [-0.39, 0.29) is 0 Å². The van der Waals surface area contributed by atoms with Gasteiger partial charge in [-0.05, 0) is 41.9 Å². The number of fused-ring (bicyclic) bond motifs is 3. The Kier molecular flexibility index (Phi) is 5.35. The van der Waals surface area contributed by atoms with Gasteiger partial charge in [-0.1, -0.05) is 62.4 Å². The minimum Gasteiger partial charge on any atom is -0.364 e. The van der Waals surface area contributed by atoms with Crippen molar-refractivity contribution < 1.29 is 0 Å². The molecule has 3 aliphatic rings. The van der Waals surface area contributed by atoms with Gasteiger partial charge in [0, 0.05) is 38.4 Å². The molecule has 2 fully saturated rings. The average Bonchev–Trinajstić information content (AvgIpc) is 2.75. The lowest BCUT2D eigenvalue weighted by molar-refractivity contribution is 0.206. The number of rotatable bonds is 4. The van der Waals surface area contributed by atoms with Gasteiger partial charge in [0.15, 0.2) is 0 Å². The van der Waals surface area contributed by atoms with E-state index >= 15 is 0 Å². The third kappa shape index (κ3) is 3.82. The van der Waals surface area contributed by atoms with Gasteiger partial charge in [-0.3, -0.25) is 9.88 Å². The highest BCUT2D eigenvalue weighted by Crippen LogP contribution is 2.36. The van der Waals surface area contributed by atoms with Crippen LogP contribution < -0.4 is 4.90 Å². The fraction of sp³-hybridized carbons (Fsp3) is 0.560. The molecule has 0 spiro atoms. The largest absolute Gasteiger partial charge is 0.364 e. The lowest BCUT2D eigenvalue weighted by Gasteiger charge is -2.46. The number of pyridine rings is 1. The Labute approximate surface area is 169 Å². The first-order valence-electron chi connectivity index (χ1n) is 11.4. The topological polar surface area (TPSA) is 19.4 Å². The summed E-state index contributed by atoms with van der Waals surface area (Å²) in [5.74, 6) is 0.891. The fourth-order valence-electron chi connectivity index (χ4n) is 5.71. The maximum absolute atomic E-state index is 4.69. The summed E-state index contributed by atoms with van der Waals surface area (Å²) in [6.07, 6.45) is 15.3. The van der Waals surface area contributed by atoms with E-state index in [0.717, 1.165) is 25.6 Å². The molecule has 1 saturated heterocycles. The zero-order valence-electron chi connectivity index (χ0n) is 17.0. The lowest BCUT2D eigenvalue weighted by Crippen LogP contribution is -2.54. The summed E-state index contributed by atoms with van der Waals surface area (Å²) in [6, 6.07) is 11.6. The molecule has 5 rings (SSSR count). The van der Waals surface area contributed by atoms with E-state index in [2.05, 4.69) is 57.5 Å². The minimum absolute atomic E-state index is 0.650. The van der Waals surface area contributed by atoms with Crippen LogP contribution in [-0.2, 0) is 19.4 Å². The van der Waals surface area contributed by atoms with Gasteiger partial charge in [0.2, 0.25) is 0 Å². The molecule has 28 heavy (non-hydrogen) atoms. The van der Waals surface area contributed by atoms with Crippen molar-refractivity contribution in [3.05, 3.63) is 59.4 Å². The second-order valence-corrected chi connectivity index (χ2v) is 9.11. The summed E-state index contributed by atoms with van der Waals surface area (Å²) in [5.41, 5.74) is 6.05. The first-order chi connectivity index (χ1) is 13.9. The molecule has 0 unspecified atom stereocenters. The van der Waals surface area contributed by atoms with Gasteiger partial charge in [0.25, 0.3) is 0 Å². The van der Waals surface area contributed by atoms with Gasteiger partial charge in [0.05, 0.1) is 11.9 Å². The van der Waals surface area contributed by atoms with E-state index in [1.165, 1.54) is 69.2 Å². The van der Waals surface area contributed by atoms with Crippen LogP contribution in [0.15, 0.2) is 42.7 Å². The van der Waals surface area contributed by atoms with Crippen LogP contribution in [0.3, 0.4) is 0 Å². The summed E-state index contributed by atoms with van der Waals surface area (Å²) >= 11 is 0. The van der Waals surface area contributed by atoms with E-state index in [1.54, 1.807) is 11.1 Å². The van der Waals surface area contributed by atoms with E-state index < -0.39 is 0 Å². The second kappa shape index (κ2) is 8.24. The van der Waals surface area contributed by atoms with Crippen LogP contribution in [0.2, 0.25) is 0 Å². The normalized spacial score (nSPS) is 23.3. The SMILES string of the molecule is c1ccc(CN2CCN3c4cncc(CC5CCCCC5)c4CC[C@@H]3C2)cc1. The molecule has 1 aromatic heterocycles. The molecule has 2 aliphatic heterocycles. The predicted molar refractivity (Wildman–Crippen MR) is 116 cm³/mol. The van der Waals surface area contributed by atoms with Crippen molar-refractivity contribution in [3.8, 4) is 0 Å². The first kappa shape index (κ1) is 18.2. The maximum atomic E-state index is 4.69. The number of anilines is 1. The van der Waals surface area contributed by atoms with Gasteiger partial charge < -0.3 is 4.90 Å². The van der Waals surface area contributed by atoms with Gasteiger partial charge in [-0.25, -0.2) is 0 Å². The van der Waals surface area contributed by atoms with Crippen LogP contribution in [0.5, 0.6) is 0 Å². The molecule has 0 amide bonds. The summed E-state index contributed by atoms with van der Waals surface area (Å²) < 4.78 is 0. The summed E-state index contributed by atoms with van der Waals surface area (Å²) in [6.45, 7) is 4.55. The van der Waals surface area contributed by atoms with E-state index in [9.17, 15) is 0 Å². The highest BCUT2D eigenvalue weighted by atomic mass is 15.3. The number of piperazine rings is 1. The Morgan fingerprint density at radius 3 is 2.64 bits per heavy atom. The molecule has 0 N–H and O–H groups in total. The van der Waals surface area contributed by atoms with Crippen LogP contribution in [0.25, 0.3) is 0 Å². The molecule has 0 radical (unpaired) electrons. The molecule has 1 aromatic carbocycles. The zero-order valence-corrected chi connectivity index (χ0v) is 17.0. The second-order valence-electron chi connectivity index (χ2n) is 9.11. The molecule has 3 nitrogen and oxygen atoms in total.